The largest absolute Gasteiger partial charge is 0.486 e. The van der Waals surface area contributed by atoms with Gasteiger partial charge in [-0.05, 0) is 44.2 Å². The van der Waals surface area contributed by atoms with E-state index in [0.717, 1.165) is 56.1 Å². The third kappa shape index (κ3) is 4.65. The highest BCUT2D eigenvalue weighted by atomic mass is 16.6. The van der Waals surface area contributed by atoms with Gasteiger partial charge in [-0.25, -0.2) is 4.79 Å². The number of hydrogen-bond donors (Lipinski definition) is 2. The maximum Gasteiger partial charge on any atom is 0.319 e. The number of nitrogens with one attached hydrogen (secondary N) is 2. The number of benzene rings is 1. The summed E-state index contributed by atoms with van der Waals surface area (Å²) in [6.45, 7) is 6.99. The topological polar surface area (TPSA) is 72.1 Å². The number of rotatable bonds is 4. The number of fused-ring (bicyclic) bond motifs is 1. The molecule has 2 amide bonds. The summed E-state index contributed by atoms with van der Waals surface area (Å²) in [6, 6.07) is 3.80. The molecule has 2 N–H and O–H groups in total. The number of aryl methyl sites for hydroxylation is 1. The maximum absolute atomic E-state index is 12.4. The molecule has 0 aromatic heterocycles. The van der Waals surface area contributed by atoms with Gasteiger partial charge in [-0.15, -0.1) is 0 Å². The van der Waals surface area contributed by atoms with E-state index < -0.39 is 0 Å². The number of anilines is 1. The van der Waals surface area contributed by atoms with E-state index in [0.29, 0.717) is 25.1 Å². The molecule has 0 bridgehead atoms. The highest BCUT2D eigenvalue weighted by Gasteiger charge is 2.25. The van der Waals surface area contributed by atoms with Crippen molar-refractivity contribution in [3.63, 3.8) is 0 Å². The normalized spacial score (nSPS) is 23.2. The van der Waals surface area contributed by atoms with Crippen LogP contribution in [0, 0.1) is 6.92 Å². The van der Waals surface area contributed by atoms with Gasteiger partial charge in [-0.3, -0.25) is 0 Å². The van der Waals surface area contributed by atoms with Crippen molar-refractivity contribution in [3.8, 4) is 11.5 Å². The Morgan fingerprint density at radius 3 is 2.56 bits per heavy atom. The summed E-state index contributed by atoms with van der Waals surface area (Å²) in [6.07, 6.45) is 4.70. The van der Waals surface area contributed by atoms with Gasteiger partial charge >= 0.3 is 6.03 Å². The van der Waals surface area contributed by atoms with Crippen LogP contribution >= 0.6 is 0 Å². The van der Waals surface area contributed by atoms with E-state index >= 15 is 0 Å². The van der Waals surface area contributed by atoms with E-state index in [9.17, 15) is 4.79 Å². The molecule has 7 heteroatoms. The Labute approximate surface area is 160 Å². The first-order valence-corrected chi connectivity index (χ1v) is 9.99. The van der Waals surface area contributed by atoms with Crippen LogP contribution in [0.5, 0.6) is 11.5 Å². The maximum atomic E-state index is 12.4. The minimum absolute atomic E-state index is 0.160. The molecule has 0 spiro atoms. The first-order chi connectivity index (χ1) is 13.2. The molecule has 1 aromatic carbocycles. The molecule has 27 heavy (non-hydrogen) atoms. The van der Waals surface area contributed by atoms with Gasteiger partial charge in [0, 0.05) is 44.0 Å². The van der Waals surface area contributed by atoms with Crippen molar-refractivity contribution in [2.45, 2.75) is 44.8 Å². The molecule has 1 aromatic rings. The molecule has 4 rings (SSSR count). The van der Waals surface area contributed by atoms with Crippen LogP contribution in [-0.4, -0.2) is 62.5 Å². The Bertz CT molecular complexity index is 667. The molecule has 3 heterocycles. The van der Waals surface area contributed by atoms with Gasteiger partial charge in [0.2, 0.25) is 0 Å². The Balaban J connectivity index is 1.25. The average Bonchev–Trinajstić information content (AvgIpc) is 3.17. The zero-order valence-corrected chi connectivity index (χ0v) is 16.0. The molecule has 1 atom stereocenters. The zero-order chi connectivity index (χ0) is 18.6. The van der Waals surface area contributed by atoms with Crippen LogP contribution in [0.15, 0.2) is 12.1 Å². The predicted molar refractivity (Wildman–Crippen MR) is 103 cm³/mol. The van der Waals surface area contributed by atoms with Crippen molar-refractivity contribution in [1.29, 1.82) is 0 Å². The highest BCUT2D eigenvalue weighted by Crippen LogP contribution is 2.35. The number of hydrogen-bond acceptors (Lipinski definition) is 5. The molecule has 2 saturated heterocycles. The number of nitrogens with zero attached hydrogens (tertiary/aromatic N) is 1. The Morgan fingerprint density at radius 2 is 1.85 bits per heavy atom. The summed E-state index contributed by atoms with van der Waals surface area (Å²) in [5.74, 6) is 1.42. The molecular weight excluding hydrogens is 346 g/mol. The summed E-state index contributed by atoms with van der Waals surface area (Å²) in [5.41, 5.74) is 1.72. The molecule has 7 nitrogen and oxygen atoms in total. The van der Waals surface area contributed by atoms with Gasteiger partial charge in [-0.2, -0.15) is 0 Å². The second-order valence-electron chi connectivity index (χ2n) is 7.62. The molecule has 2 fully saturated rings. The highest BCUT2D eigenvalue weighted by molar-refractivity contribution is 5.90. The van der Waals surface area contributed by atoms with Crippen LogP contribution < -0.4 is 20.1 Å². The lowest BCUT2D eigenvalue weighted by Crippen LogP contribution is -2.47. The SMILES string of the molecule is Cc1cc2c(cc1NC(=O)NC1CCN(C[C@@H]3CCCO3)CC1)OCCO2. The number of ether oxygens (including phenoxy) is 3. The van der Waals surface area contributed by atoms with Crippen LogP contribution in [0.1, 0.15) is 31.2 Å². The first-order valence-electron chi connectivity index (χ1n) is 9.99. The van der Waals surface area contributed by atoms with Gasteiger partial charge in [-0.1, -0.05) is 0 Å². The fourth-order valence-corrected chi connectivity index (χ4v) is 4.01. The van der Waals surface area contributed by atoms with Crippen molar-refractivity contribution in [2.24, 2.45) is 0 Å². The van der Waals surface area contributed by atoms with E-state index in [2.05, 4.69) is 15.5 Å². The van der Waals surface area contributed by atoms with Gasteiger partial charge in [0.25, 0.3) is 0 Å². The lowest BCUT2D eigenvalue weighted by atomic mass is 10.0. The average molecular weight is 375 g/mol. The third-order valence-electron chi connectivity index (χ3n) is 5.55. The smallest absolute Gasteiger partial charge is 0.319 e. The van der Waals surface area contributed by atoms with Gasteiger partial charge in [0.1, 0.15) is 13.2 Å². The minimum Gasteiger partial charge on any atom is -0.486 e. The molecule has 0 radical (unpaired) electrons. The third-order valence-corrected chi connectivity index (χ3v) is 5.55. The van der Waals surface area contributed by atoms with Crippen molar-refractivity contribution < 1.29 is 19.0 Å². The van der Waals surface area contributed by atoms with E-state index in [1.54, 1.807) is 0 Å². The fourth-order valence-electron chi connectivity index (χ4n) is 4.01. The lowest BCUT2D eigenvalue weighted by molar-refractivity contribution is 0.0633. The van der Waals surface area contributed by atoms with Crippen LogP contribution in [0.2, 0.25) is 0 Å². The van der Waals surface area contributed by atoms with Crippen molar-refractivity contribution in [3.05, 3.63) is 17.7 Å². The number of amides is 2. The number of piperidine rings is 1. The predicted octanol–water partition coefficient (Wildman–Crippen LogP) is 2.53. The molecule has 0 aliphatic carbocycles. The van der Waals surface area contributed by atoms with Crippen molar-refractivity contribution in [1.82, 2.24) is 10.2 Å². The monoisotopic (exact) mass is 375 g/mol. The van der Waals surface area contributed by atoms with Crippen molar-refractivity contribution >= 4 is 11.7 Å². The van der Waals surface area contributed by atoms with Crippen LogP contribution in [0.3, 0.4) is 0 Å². The first kappa shape index (κ1) is 18.4. The zero-order valence-electron chi connectivity index (χ0n) is 16.0. The van der Waals surface area contributed by atoms with Gasteiger partial charge in [0.05, 0.1) is 6.10 Å². The second kappa shape index (κ2) is 8.35. The molecule has 0 saturated carbocycles. The summed E-state index contributed by atoms with van der Waals surface area (Å²) in [4.78, 5) is 14.9. The van der Waals surface area contributed by atoms with E-state index in [1.165, 1.54) is 12.8 Å². The fraction of sp³-hybridized carbons (Fsp3) is 0.650. The van der Waals surface area contributed by atoms with Crippen LogP contribution in [0.25, 0.3) is 0 Å². The summed E-state index contributed by atoms with van der Waals surface area (Å²) >= 11 is 0. The molecule has 0 unspecified atom stereocenters. The summed E-state index contributed by atoms with van der Waals surface area (Å²) < 4.78 is 16.9. The van der Waals surface area contributed by atoms with Crippen molar-refractivity contribution in [2.75, 3.05) is 44.8 Å². The standard InChI is InChI=1S/C20H29N3O4/c1-14-11-18-19(27-10-9-26-18)12-17(14)22-20(24)21-15-4-6-23(7-5-15)13-16-3-2-8-25-16/h11-12,15-16H,2-10,13H2,1H3,(H2,21,22,24)/t16-/m0/s1. The Morgan fingerprint density at radius 1 is 1.11 bits per heavy atom. The number of urea groups is 1. The van der Waals surface area contributed by atoms with Gasteiger partial charge in [0.15, 0.2) is 11.5 Å². The Hall–Kier alpha value is -1.99. The second-order valence-corrected chi connectivity index (χ2v) is 7.62. The Kier molecular flexibility index (Phi) is 5.69. The summed E-state index contributed by atoms with van der Waals surface area (Å²) in [5, 5.41) is 6.07. The number of carbonyl (C=O) groups is 1. The summed E-state index contributed by atoms with van der Waals surface area (Å²) in [7, 11) is 0. The van der Waals surface area contributed by atoms with E-state index in [4.69, 9.17) is 14.2 Å². The van der Waals surface area contributed by atoms with E-state index in [-0.39, 0.29) is 12.1 Å². The van der Waals surface area contributed by atoms with E-state index in [1.807, 2.05) is 19.1 Å². The van der Waals surface area contributed by atoms with Gasteiger partial charge < -0.3 is 29.7 Å². The lowest BCUT2D eigenvalue weighted by Gasteiger charge is -2.33. The molecule has 3 aliphatic heterocycles. The molecule has 3 aliphatic rings. The van der Waals surface area contributed by atoms with Crippen LogP contribution in [-0.2, 0) is 4.74 Å². The number of carbonyl (C=O) groups excluding carboxylic acids is 1. The molecule has 148 valence electrons. The number of likely N-dealkylation sites (tertiary alicyclic amines) is 1. The quantitative estimate of drug-likeness (QED) is 0.846. The minimum atomic E-state index is -0.160. The molecular formula is C20H29N3O4. The van der Waals surface area contributed by atoms with Crippen LogP contribution in [0.4, 0.5) is 10.5 Å².